The van der Waals surface area contributed by atoms with Crippen molar-refractivity contribution in [1.82, 2.24) is 0 Å². The average Bonchev–Trinajstić information content (AvgIpc) is 2.48. The molecule has 1 heterocycles. The lowest BCUT2D eigenvalue weighted by Crippen LogP contribution is -2.21. The number of esters is 1. The molecule has 0 spiro atoms. The number of ether oxygens (including phenoxy) is 2. The number of fused-ring (bicyclic) bond motifs is 1. The summed E-state index contributed by atoms with van der Waals surface area (Å²) >= 11 is 6.22. The second kappa shape index (κ2) is 5.41. The Hall–Kier alpha value is -2.00. The number of benzene rings is 2. The van der Waals surface area contributed by atoms with Crippen LogP contribution in [0.25, 0.3) is 0 Å². The predicted octanol–water partition coefficient (Wildman–Crippen LogP) is 4.10. The lowest BCUT2D eigenvalue weighted by molar-refractivity contribution is -0.135. The molecule has 1 aliphatic heterocycles. The molecule has 1 atom stereocenters. The van der Waals surface area contributed by atoms with Gasteiger partial charge in [-0.25, -0.2) is 0 Å². The summed E-state index contributed by atoms with van der Waals surface area (Å²) in [5.74, 6) is 1.14. The summed E-state index contributed by atoms with van der Waals surface area (Å²) in [5, 5.41) is 0.685. The van der Waals surface area contributed by atoms with Crippen molar-refractivity contribution in [1.29, 1.82) is 0 Å². The van der Waals surface area contributed by atoms with Crippen molar-refractivity contribution < 1.29 is 14.3 Å². The first-order valence-electron chi connectivity index (χ1n) is 6.73. The number of methoxy groups -OCH3 is 1. The Labute approximate surface area is 128 Å². The molecule has 3 rings (SSSR count). The highest BCUT2D eigenvalue weighted by molar-refractivity contribution is 6.31. The molecule has 0 fully saturated rings. The number of halogens is 1. The molecule has 1 aliphatic rings. The summed E-state index contributed by atoms with van der Waals surface area (Å²) in [5.41, 5.74) is 2.91. The molecular formula is C17H15ClO3. The third-order valence-electron chi connectivity index (χ3n) is 3.78. The van der Waals surface area contributed by atoms with E-state index in [1.807, 2.05) is 43.3 Å². The van der Waals surface area contributed by atoms with Crippen LogP contribution in [0.1, 0.15) is 29.0 Å². The van der Waals surface area contributed by atoms with Crippen LogP contribution < -0.4 is 9.47 Å². The first-order chi connectivity index (χ1) is 10.1. The minimum Gasteiger partial charge on any atom is -0.497 e. The number of carbonyl (C=O) groups excluding carboxylic acids is 1. The van der Waals surface area contributed by atoms with Gasteiger partial charge in [0.2, 0.25) is 0 Å². The number of hydrogen-bond donors (Lipinski definition) is 0. The van der Waals surface area contributed by atoms with E-state index in [-0.39, 0.29) is 11.9 Å². The van der Waals surface area contributed by atoms with E-state index in [0.29, 0.717) is 17.2 Å². The normalized spacial score (nSPS) is 17.1. The average molecular weight is 303 g/mol. The van der Waals surface area contributed by atoms with Crippen LogP contribution >= 0.6 is 11.6 Å². The highest BCUT2D eigenvalue weighted by Crippen LogP contribution is 2.41. The number of carbonyl (C=O) groups is 1. The molecule has 4 heteroatoms. The van der Waals surface area contributed by atoms with Crippen molar-refractivity contribution in [2.24, 2.45) is 0 Å². The number of hydrogen-bond acceptors (Lipinski definition) is 3. The number of aryl methyl sites for hydroxylation is 1. The minimum absolute atomic E-state index is 0.0368. The lowest BCUT2D eigenvalue weighted by Gasteiger charge is -2.25. The highest BCUT2D eigenvalue weighted by atomic mass is 35.5. The summed E-state index contributed by atoms with van der Waals surface area (Å²) in [6.07, 6.45) is 0.318. The van der Waals surface area contributed by atoms with Crippen LogP contribution in [0.15, 0.2) is 36.4 Å². The molecule has 0 saturated carbocycles. The monoisotopic (exact) mass is 302 g/mol. The van der Waals surface area contributed by atoms with Crippen LogP contribution in [0.2, 0.25) is 5.02 Å². The standard InChI is InChI=1S/C17H15ClO3/c1-10-7-16-14(8-15(10)18)13(9-17(19)21-16)11-3-5-12(20-2)6-4-11/h3-8,13H,9H2,1-2H3/t13-/m1/s1. The first kappa shape index (κ1) is 14.0. The first-order valence-corrected chi connectivity index (χ1v) is 7.11. The molecule has 0 aliphatic carbocycles. The lowest BCUT2D eigenvalue weighted by atomic mass is 9.86. The Balaban J connectivity index is 2.07. The van der Waals surface area contributed by atoms with Gasteiger partial charge in [-0.15, -0.1) is 0 Å². The van der Waals surface area contributed by atoms with E-state index in [2.05, 4.69) is 0 Å². The van der Waals surface area contributed by atoms with Crippen LogP contribution in [0.5, 0.6) is 11.5 Å². The van der Waals surface area contributed by atoms with Crippen molar-refractivity contribution in [3.63, 3.8) is 0 Å². The van der Waals surface area contributed by atoms with E-state index in [1.54, 1.807) is 7.11 Å². The van der Waals surface area contributed by atoms with E-state index in [0.717, 1.165) is 22.4 Å². The van der Waals surface area contributed by atoms with Gasteiger partial charge in [0, 0.05) is 16.5 Å². The predicted molar refractivity (Wildman–Crippen MR) is 81.3 cm³/mol. The quantitative estimate of drug-likeness (QED) is 0.619. The van der Waals surface area contributed by atoms with Crippen molar-refractivity contribution in [3.8, 4) is 11.5 Å². The van der Waals surface area contributed by atoms with Crippen LogP contribution in [-0.4, -0.2) is 13.1 Å². The molecule has 21 heavy (non-hydrogen) atoms. The van der Waals surface area contributed by atoms with Crippen LogP contribution in [0, 0.1) is 6.92 Å². The van der Waals surface area contributed by atoms with E-state index in [9.17, 15) is 4.79 Å². The molecular weight excluding hydrogens is 288 g/mol. The van der Waals surface area contributed by atoms with Gasteiger partial charge in [-0.3, -0.25) is 4.79 Å². The van der Waals surface area contributed by atoms with Gasteiger partial charge in [-0.1, -0.05) is 23.7 Å². The molecule has 0 unspecified atom stereocenters. The Morgan fingerprint density at radius 2 is 1.95 bits per heavy atom. The van der Waals surface area contributed by atoms with E-state index < -0.39 is 0 Å². The van der Waals surface area contributed by atoms with Gasteiger partial charge in [0.05, 0.1) is 13.5 Å². The number of rotatable bonds is 2. The second-order valence-corrected chi connectivity index (χ2v) is 5.55. The zero-order valence-corrected chi connectivity index (χ0v) is 12.6. The Kier molecular flexibility index (Phi) is 3.60. The van der Waals surface area contributed by atoms with Gasteiger partial charge in [0.1, 0.15) is 11.5 Å². The van der Waals surface area contributed by atoms with Crippen molar-refractivity contribution >= 4 is 17.6 Å². The summed E-state index contributed by atoms with van der Waals surface area (Å²) < 4.78 is 10.5. The van der Waals surface area contributed by atoms with Gasteiger partial charge in [-0.2, -0.15) is 0 Å². The van der Waals surface area contributed by atoms with E-state index in [4.69, 9.17) is 21.1 Å². The molecule has 0 radical (unpaired) electrons. The summed E-state index contributed by atoms with van der Waals surface area (Å²) in [7, 11) is 1.63. The van der Waals surface area contributed by atoms with Crippen LogP contribution in [-0.2, 0) is 4.79 Å². The molecule has 0 N–H and O–H groups in total. The third kappa shape index (κ3) is 2.61. The maximum Gasteiger partial charge on any atom is 0.312 e. The minimum atomic E-state index is -0.218. The summed E-state index contributed by atoms with van der Waals surface area (Å²) in [4.78, 5) is 11.8. The summed E-state index contributed by atoms with van der Waals surface area (Å²) in [6, 6.07) is 11.5. The molecule has 2 aromatic rings. The second-order valence-electron chi connectivity index (χ2n) is 5.14. The fourth-order valence-corrected chi connectivity index (χ4v) is 2.78. The topological polar surface area (TPSA) is 35.5 Å². The maximum absolute atomic E-state index is 11.8. The van der Waals surface area contributed by atoms with Crippen LogP contribution in [0.4, 0.5) is 0 Å². The smallest absolute Gasteiger partial charge is 0.312 e. The van der Waals surface area contributed by atoms with E-state index >= 15 is 0 Å². The summed E-state index contributed by atoms with van der Waals surface area (Å²) in [6.45, 7) is 1.90. The molecule has 0 bridgehead atoms. The molecule has 3 nitrogen and oxygen atoms in total. The molecule has 0 amide bonds. The van der Waals surface area contributed by atoms with Gasteiger partial charge in [0.25, 0.3) is 0 Å². The molecule has 108 valence electrons. The Bertz CT molecular complexity index is 692. The zero-order chi connectivity index (χ0) is 15.0. The van der Waals surface area contributed by atoms with Crippen molar-refractivity contribution in [2.45, 2.75) is 19.3 Å². The zero-order valence-electron chi connectivity index (χ0n) is 11.9. The Morgan fingerprint density at radius 1 is 1.24 bits per heavy atom. The van der Waals surface area contributed by atoms with Crippen molar-refractivity contribution in [3.05, 3.63) is 58.1 Å². The molecule has 0 aromatic heterocycles. The maximum atomic E-state index is 11.8. The fourth-order valence-electron chi connectivity index (χ4n) is 2.61. The van der Waals surface area contributed by atoms with Gasteiger partial charge >= 0.3 is 5.97 Å². The van der Waals surface area contributed by atoms with Gasteiger partial charge in [-0.05, 0) is 42.3 Å². The van der Waals surface area contributed by atoms with Gasteiger partial charge in [0.15, 0.2) is 0 Å². The third-order valence-corrected chi connectivity index (χ3v) is 4.19. The van der Waals surface area contributed by atoms with Gasteiger partial charge < -0.3 is 9.47 Å². The highest BCUT2D eigenvalue weighted by Gasteiger charge is 2.29. The molecule has 2 aromatic carbocycles. The Morgan fingerprint density at radius 3 is 2.62 bits per heavy atom. The van der Waals surface area contributed by atoms with Crippen molar-refractivity contribution in [2.75, 3.05) is 7.11 Å². The fraction of sp³-hybridized carbons (Fsp3) is 0.235. The van der Waals surface area contributed by atoms with Crippen LogP contribution in [0.3, 0.4) is 0 Å². The SMILES string of the molecule is COc1ccc([C@H]2CC(=O)Oc3cc(C)c(Cl)cc32)cc1. The van der Waals surface area contributed by atoms with E-state index in [1.165, 1.54) is 0 Å². The largest absolute Gasteiger partial charge is 0.497 e. The molecule has 0 saturated heterocycles.